The van der Waals surface area contributed by atoms with Gasteiger partial charge in [-0.25, -0.2) is 13.5 Å². The first-order valence-corrected chi connectivity index (χ1v) is 9.88. The number of fused-ring (bicyclic) bond motifs is 1. The Labute approximate surface area is 187 Å². The Balaban J connectivity index is 1.72. The lowest BCUT2D eigenvalue weighted by atomic mass is 10.0. The lowest BCUT2D eigenvalue weighted by molar-refractivity contribution is -0.117. The van der Waals surface area contributed by atoms with E-state index < -0.39 is 29.6 Å². The SMILES string of the molecule is COc1cc(NC(=O)Cn2nc(-c3ccc(F)c(F)c3)c3ccccc3c2=O)cc(OC)c1. The maximum absolute atomic E-state index is 13.9. The topological polar surface area (TPSA) is 82.5 Å². The molecule has 3 aromatic carbocycles. The highest BCUT2D eigenvalue weighted by Gasteiger charge is 2.16. The quantitative estimate of drug-likeness (QED) is 0.479. The number of nitrogens with one attached hydrogen (secondary N) is 1. The Morgan fingerprint density at radius 2 is 1.61 bits per heavy atom. The third-order valence-corrected chi connectivity index (χ3v) is 4.99. The normalized spacial score (nSPS) is 10.8. The van der Waals surface area contributed by atoms with Gasteiger partial charge in [-0.15, -0.1) is 0 Å². The standard InChI is InChI=1S/C24H19F2N3O4/c1-32-16-10-15(11-17(12-16)33-2)27-22(30)13-29-24(31)19-6-4-3-5-18(19)23(28-29)14-7-8-20(25)21(26)9-14/h3-12H,13H2,1-2H3,(H,27,30). The average Bonchev–Trinajstić information content (AvgIpc) is 2.82. The van der Waals surface area contributed by atoms with Crippen LogP contribution in [-0.4, -0.2) is 29.9 Å². The fourth-order valence-corrected chi connectivity index (χ4v) is 3.42. The summed E-state index contributed by atoms with van der Waals surface area (Å²) in [6.07, 6.45) is 0. The summed E-state index contributed by atoms with van der Waals surface area (Å²) in [5, 5.41) is 7.73. The molecule has 0 spiro atoms. The third-order valence-electron chi connectivity index (χ3n) is 4.99. The summed E-state index contributed by atoms with van der Waals surface area (Å²) in [7, 11) is 2.97. The van der Waals surface area contributed by atoms with Crippen molar-refractivity contribution in [1.82, 2.24) is 9.78 Å². The van der Waals surface area contributed by atoms with Crippen molar-refractivity contribution in [2.75, 3.05) is 19.5 Å². The van der Waals surface area contributed by atoms with Crippen LogP contribution < -0.4 is 20.3 Å². The van der Waals surface area contributed by atoms with E-state index in [9.17, 15) is 18.4 Å². The molecule has 33 heavy (non-hydrogen) atoms. The predicted octanol–water partition coefficient (Wildman–Crippen LogP) is 4.00. The van der Waals surface area contributed by atoms with E-state index >= 15 is 0 Å². The highest BCUT2D eigenvalue weighted by molar-refractivity contribution is 5.94. The van der Waals surface area contributed by atoms with Gasteiger partial charge in [0.25, 0.3) is 5.56 Å². The lowest BCUT2D eigenvalue weighted by Gasteiger charge is -2.13. The number of benzene rings is 3. The smallest absolute Gasteiger partial charge is 0.275 e. The number of ether oxygens (including phenoxy) is 2. The van der Waals surface area contributed by atoms with E-state index in [0.29, 0.717) is 28.0 Å². The predicted molar refractivity (Wildman–Crippen MR) is 120 cm³/mol. The molecule has 1 heterocycles. The Kier molecular flexibility index (Phi) is 6.03. The summed E-state index contributed by atoms with van der Waals surface area (Å²) in [6.45, 7) is -0.403. The van der Waals surface area contributed by atoms with Crippen LogP contribution in [0.4, 0.5) is 14.5 Å². The van der Waals surface area contributed by atoms with Crippen molar-refractivity contribution < 1.29 is 23.0 Å². The molecule has 4 rings (SSSR count). The average molecular weight is 451 g/mol. The molecule has 0 aliphatic rings. The van der Waals surface area contributed by atoms with E-state index in [4.69, 9.17) is 9.47 Å². The van der Waals surface area contributed by atoms with Gasteiger partial charge in [-0.3, -0.25) is 9.59 Å². The molecule has 0 radical (unpaired) electrons. The summed E-state index contributed by atoms with van der Waals surface area (Å²) in [4.78, 5) is 25.7. The van der Waals surface area contributed by atoms with Crippen molar-refractivity contribution in [3.05, 3.63) is 82.7 Å². The van der Waals surface area contributed by atoms with E-state index in [0.717, 1.165) is 16.8 Å². The molecule has 0 saturated heterocycles. The van der Waals surface area contributed by atoms with Crippen LogP contribution in [0.25, 0.3) is 22.0 Å². The van der Waals surface area contributed by atoms with Crippen LogP contribution in [-0.2, 0) is 11.3 Å². The minimum Gasteiger partial charge on any atom is -0.497 e. The first-order chi connectivity index (χ1) is 15.9. The minimum absolute atomic E-state index is 0.250. The van der Waals surface area contributed by atoms with Gasteiger partial charge < -0.3 is 14.8 Å². The second-order valence-electron chi connectivity index (χ2n) is 7.14. The molecule has 9 heteroatoms. The number of carbonyl (C=O) groups is 1. The van der Waals surface area contributed by atoms with Crippen LogP contribution in [0, 0.1) is 11.6 Å². The fourth-order valence-electron chi connectivity index (χ4n) is 3.42. The van der Waals surface area contributed by atoms with Gasteiger partial charge in [-0.1, -0.05) is 18.2 Å². The lowest BCUT2D eigenvalue weighted by Crippen LogP contribution is -2.30. The van der Waals surface area contributed by atoms with Crippen LogP contribution in [0.2, 0.25) is 0 Å². The van der Waals surface area contributed by atoms with Crippen molar-refractivity contribution in [2.45, 2.75) is 6.54 Å². The number of amides is 1. The zero-order chi connectivity index (χ0) is 23.5. The van der Waals surface area contributed by atoms with Crippen LogP contribution in [0.15, 0.2) is 65.5 Å². The highest BCUT2D eigenvalue weighted by atomic mass is 19.2. The van der Waals surface area contributed by atoms with Crippen LogP contribution in [0.5, 0.6) is 11.5 Å². The van der Waals surface area contributed by atoms with E-state index in [1.165, 1.54) is 20.3 Å². The van der Waals surface area contributed by atoms with Crippen LogP contribution in [0.3, 0.4) is 0 Å². The van der Waals surface area contributed by atoms with Gasteiger partial charge in [0.2, 0.25) is 5.91 Å². The molecule has 0 bridgehead atoms. The van der Waals surface area contributed by atoms with E-state index in [-0.39, 0.29) is 11.3 Å². The third kappa shape index (κ3) is 4.52. The number of halogens is 2. The van der Waals surface area contributed by atoms with Crippen molar-refractivity contribution >= 4 is 22.4 Å². The molecule has 1 aromatic heterocycles. The van der Waals surface area contributed by atoms with E-state index in [1.54, 1.807) is 42.5 Å². The molecule has 0 aliphatic heterocycles. The Morgan fingerprint density at radius 1 is 0.939 bits per heavy atom. The number of carbonyl (C=O) groups excluding carboxylic acids is 1. The van der Waals surface area contributed by atoms with Gasteiger partial charge in [0.05, 0.1) is 25.3 Å². The number of methoxy groups -OCH3 is 2. The fraction of sp³-hybridized carbons (Fsp3) is 0.125. The summed E-state index contributed by atoms with van der Waals surface area (Å²) in [5.41, 5.74) is 0.443. The zero-order valence-corrected chi connectivity index (χ0v) is 17.8. The molecule has 1 amide bonds. The Bertz CT molecular complexity index is 1400. The first-order valence-electron chi connectivity index (χ1n) is 9.88. The number of rotatable bonds is 6. The minimum atomic E-state index is -1.04. The molecular formula is C24H19F2N3O4. The van der Waals surface area contributed by atoms with Crippen molar-refractivity contribution in [3.8, 4) is 22.8 Å². The molecule has 0 saturated carbocycles. The number of nitrogens with zero attached hydrogens (tertiary/aromatic N) is 2. The van der Waals surface area contributed by atoms with Crippen LogP contribution in [0.1, 0.15) is 0 Å². The van der Waals surface area contributed by atoms with Crippen LogP contribution >= 0.6 is 0 Å². The number of hydrogen-bond donors (Lipinski definition) is 1. The molecule has 0 unspecified atom stereocenters. The van der Waals surface area contributed by atoms with Crippen molar-refractivity contribution in [3.63, 3.8) is 0 Å². The molecular weight excluding hydrogens is 432 g/mol. The summed E-state index contributed by atoms with van der Waals surface area (Å²) in [6, 6.07) is 14.8. The molecule has 4 aromatic rings. The maximum Gasteiger partial charge on any atom is 0.275 e. The first kappa shape index (κ1) is 21.9. The van der Waals surface area contributed by atoms with Gasteiger partial charge in [0, 0.05) is 34.8 Å². The number of hydrogen-bond acceptors (Lipinski definition) is 5. The second kappa shape index (κ2) is 9.07. The number of aromatic nitrogens is 2. The summed E-state index contributed by atoms with van der Waals surface area (Å²) < 4.78 is 38.7. The Hall–Kier alpha value is -4.27. The van der Waals surface area contributed by atoms with Crippen molar-refractivity contribution in [1.29, 1.82) is 0 Å². The number of anilines is 1. The van der Waals surface area contributed by atoms with E-state index in [1.807, 2.05) is 0 Å². The maximum atomic E-state index is 13.9. The van der Waals surface area contributed by atoms with Gasteiger partial charge in [-0.05, 0) is 24.3 Å². The molecule has 168 valence electrons. The van der Waals surface area contributed by atoms with Gasteiger partial charge in [-0.2, -0.15) is 5.10 Å². The highest BCUT2D eigenvalue weighted by Crippen LogP contribution is 2.27. The summed E-state index contributed by atoms with van der Waals surface area (Å²) >= 11 is 0. The Morgan fingerprint density at radius 3 is 2.24 bits per heavy atom. The largest absolute Gasteiger partial charge is 0.497 e. The molecule has 7 nitrogen and oxygen atoms in total. The van der Waals surface area contributed by atoms with E-state index in [2.05, 4.69) is 10.4 Å². The molecule has 0 atom stereocenters. The second-order valence-corrected chi connectivity index (χ2v) is 7.14. The molecule has 0 aliphatic carbocycles. The molecule has 1 N–H and O–H groups in total. The molecule has 0 fully saturated rings. The van der Waals surface area contributed by atoms with Gasteiger partial charge in [0.15, 0.2) is 11.6 Å². The van der Waals surface area contributed by atoms with Gasteiger partial charge in [0.1, 0.15) is 18.0 Å². The van der Waals surface area contributed by atoms with Gasteiger partial charge >= 0.3 is 0 Å². The zero-order valence-electron chi connectivity index (χ0n) is 17.8. The monoisotopic (exact) mass is 451 g/mol. The summed E-state index contributed by atoms with van der Waals surface area (Å²) in [5.74, 6) is -1.60. The van der Waals surface area contributed by atoms with Crippen molar-refractivity contribution in [2.24, 2.45) is 0 Å².